The average molecular weight is 319 g/mol. The van der Waals surface area contributed by atoms with Gasteiger partial charge in [-0.25, -0.2) is 0 Å². The number of hydrogen-bond donors (Lipinski definition) is 1. The summed E-state index contributed by atoms with van der Waals surface area (Å²) in [5, 5.41) is 0. The Morgan fingerprint density at radius 1 is 1.27 bits per heavy atom. The molecular weight excluding hydrogens is 303 g/mol. The minimum atomic E-state index is 0.115. The smallest absolute Gasteiger partial charge is 0.132 e. The van der Waals surface area contributed by atoms with Gasteiger partial charge in [-0.3, -0.25) is 0 Å². The molecule has 0 aliphatic carbocycles. The number of methoxy groups -OCH3 is 2. The van der Waals surface area contributed by atoms with Crippen LogP contribution in [0.1, 0.15) is 12.5 Å². The van der Waals surface area contributed by atoms with E-state index >= 15 is 0 Å². The summed E-state index contributed by atoms with van der Waals surface area (Å²) < 4.78 is 11.6. The topological polar surface area (TPSA) is 44.5 Å². The maximum atomic E-state index is 5.78. The summed E-state index contributed by atoms with van der Waals surface area (Å²) in [5.41, 5.74) is 6.87. The van der Waals surface area contributed by atoms with Gasteiger partial charge in [0, 0.05) is 6.04 Å². The van der Waals surface area contributed by atoms with E-state index in [1.54, 1.807) is 14.2 Å². The molecule has 0 saturated heterocycles. The van der Waals surface area contributed by atoms with Crippen LogP contribution in [0.3, 0.4) is 0 Å². The molecular formula is C11H16INO2. The molecule has 84 valence electrons. The van der Waals surface area contributed by atoms with Crippen molar-refractivity contribution in [1.29, 1.82) is 0 Å². The van der Waals surface area contributed by atoms with Crippen LogP contribution in [0.5, 0.6) is 11.5 Å². The standard InChI is InChI=1S/C11H16INO2/c1-7(13)4-8-5-11(15-3)9(12)6-10(8)14-2/h5-7H,4,13H2,1-3H3/i12-2. The van der Waals surface area contributed by atoms with E-state index in [0.29, 0.717) is 0 Å². The van der Waals surface area contributed by atoms with Gasteiger partial charge < -0.3 is 15.2 Å². The van der Waals surface area contributed by atoms with Crippen molar-refractivity contribution in [3.63, 3.8) is 0 Å². The van der Waals surface area contributed by atoms with Crippen molar-refractivity contribution in [2.24, 2.45) is 5.73 Å². The number of hydrogen-bond acceptors (Lipinski definition) is 3. The lowest BCUT2D eigenvalue weighted by atomic mass is 10.1. The first kappa shape index (κ1) is 12.6. The molecule has 0 heterocycles. The molecule has 4 heteroatoms. The third-order valence-electron chi connectivity index (χ3n) is 2.10. The van der Waals surface area contributed by atoms with E-state index in [1.165, 1.54) is 0 Å². The van der Waals surface area contributed by atoms with Crippen molar-refractivity contribution < 1.29 is 9.47 Å². The Morgan fingerprint density at radius 3 is 2.33 bits per heavy atom. The summed E-state index contributed by atoms with van der Waals surface area (Å²) in [6.45, 7) is 1.98. The highest BCUT2D eigenvalue weighted by atomic mass is 125. The molecule has 1 aromatic carbocycles. The van der Waals surface area contributed by atoms with E-state index in [9.17, 15) is 0 Å². The molecule has 3 nitrogen and oxygen atoms in total. The zero-order valence-corrected chi connectivity index (χ0v) is 11.4. The lowest BCUT2D eigenvalue weighted by Gasteiger charge is -2.13. The normalized spacial score (nSPS) is 12.3. The lowest BCUT2D eigenvalue weighted by molar-refractivity contribution is 0.395. The fourth-order valence-electron chi connectivity index (χ4n) is 1.43. The van der Waals surface area contributed by atoms with Gasteiger partial charge in [0.15, 0.2) is 0 Å². The number of nitrogens with two attached hydrogens (primary N) is 1. The number of benzene rings is 1. The first-order valence-electron chi connectivity index (χ1n) is 4.74. The van der Waals surface area contributed by atoms with E-state index in [2.05, 4.69) is 22.6 Å². The molecule has 1 aromatic rings. The zero-order chi connectivity index (χ0) is 11.4. The summed E-state index contributed by atoms with van der Waals surface area (Å²) >= 11 is 2.22. The molecule has 2 N–H and O–H groups in total. The summed E-state index contributed by atoms with van der Waals surface area (Å²) in [7, 11) is 3.34. The van der Waals surface area contributed by atoms with Crippen LogP contribution in [0.2, 0.25) is 0 Å². The summed E-state index contributed by atoms with van der Waals surface area (Å²) in [5.74, 6) is 1.74. The van der Waals surface area contributed by atoms with Crippen molar-refractivity contribution in [3.05, 3.63) is 21.3 Å². The van der Waals surface area contributed by atoms with Crippen LogP contribution in [0, 0.1) is 3.57 Å². The molecule has 0 amide bonds. The first-order valence-corrected chi connectivity index (χ1v) is 5.82. The van der Waals surface area contributed by atoms with Gasteiger partial charge in [-0.1, -0.05) is 0 Å². The maximum Gasteiger partial charge on any atom is 0.132 e. The van der Waals surface area contributed by atoms with Gasteiger partial charge in [0.2, 0.25) is 0 Å². The molecule has 0 fully saturated rings. The minimum absolute atomic E-state index is 0.115. The summed E-state index contributed by atoms with van der Waals surface area (Å²) in [6, 6.07) is 4.07. The molecule has 0 saturated carbocycles. The van der Waals surface area contributed by atoms with Gasteiger partial charge in [-0.05, 0) is 53.6 Å². The molecule has 15 heavy (non-hydrogen) atoms. The predicted octanol–water partition coefficient (Wildman–Crippen LogP) is 2.20. The number of ether oxygens (including phenoxy) is 2. The highest BCUT2D eigenvalue weighted by molar-refractivity contribution is 14.1. The first-order chi connectivity index (χ1) is 7.08. The SMILES string of the molecule is COc1cc(CC(C)N)c(OC)cc1[125I]. The van der Waals surface area contributed by atoms with E-state index in [-0.39, 0.29) is 6.04 Å². The van der Waals surface area contributed by atoms with Crippen molar-refractivity contribution in [2.45, 2.75) is 19.4 Å². The molecule has 1 atom stereocenters. The third kappa shape index (κ3) is 3.24. The van der Waals surface area contributed by atoms with E-state index in [4.69, 9.17) is 15.2 Å². The van der Waals surface area contributed by atoms with Crippen LogP contribution in [0.25, 0.3) is 0 Å². The van der Waals surface area contributed by atoms with Crippen LogP contribution in [0.4, 0.5) is 0 Å². The van der Waals surface area contributed by atoms with Crippen LogP contribution < -0.4 is 15.2 Å². The molecule has 0 radical (unpaired) electrons. The van der Waals surface area contributed by atoms with Crippen molar-refractivity contribution >= 4 is 22.6 Å². The molecule has 1 unspecified atom stereocenters. The van der Waals surface area contributed by atoms with Gasteiger partial charge in [-0.15, -0.1) is 0 Å². The highest BCUT2D eigenvalue weighted by Crippen LogP contribution is 2.30. The molecule has 0 aromatic heterocycles. The molecule has 0 bridgehead atoms. The van der Waals surface area contributed by atoms with Gasteiger partial charge in [0.05, 0.1) is 17.8 Å². The van der Waals surface area contributed by atoms with Crippen LogP contribution in [-0.2, 0) is 6.42 Å². The zero-order valence-electron chi connectivity index (χ0n) is 9.21. The molecule has 0 aliphatic rings. The van der Waals surface area contributed by atoms with Crippen molar-refractivity contribution in [2.75, 3.05) is 14.2 Å². The fourth-order valence-corrected chi connectivity index (χ4v) is 2.09. The Kier molecular flexibility index (Phi) is 4.66. The Hall–Kier alpha value is -0.490. The third-order valence-corrected chi connectivity index (χ3v) is 2.94. The quantitative estimate of drug-likeness (QED) is 0.866. The average Bonchev–Trinajstić information content (AvgIpc) is 2.19. The maximum absolute atomic E-state index is 5.78. The number of rotatable bonds is 4. The Balaban J connectivity index is 3.10. The van der Waals surface area contributed by atoms with E-state index < -0.39 is 0 Å². The van der Waals surface area contributed by atoms with E-state index in [1.807, 2.05) is 19.1 Å². The Labute approximate surface area is 104 Å². The van der Waals surface area contributed by atoms with Gasteiger partial charge in [0.25, 0.3) is 0 Å². The molecule has 1 rings (SSSR count). The summed E-state index contributed by atoms with van der Waals surface area (Å²) in [4.78, 5) is 0. The minimum Gasteiger partial charge on any atom is -0.496 e. The highest BCUT2D eigenvalue weighted by Gasteiger charge is 2.10. The lowest BCUT2D eigenvalue weighted by Crippen LogP contribution is -2.18. The van der Waals surface area contributed by atoms with Gasteiger partial charge >= 0.3 is 0 Å². The predicted molar refractivity (Wildman–Crippen MR) is 69.6 cm³/mol. The Morgan fingerprint density at radius 2 is 1.87 bits per heavy atom. The monoisotopic (exact) mass is 319 g/mol. The second kappa shape index (κ2) is 5.55. The van der Waals surface area contributed by atoms with Crippen molar-refractivity contribution in [3.8, 4) is 11.5 Å². The fraction of sp³-hybridized carbons (Fsp3) is 0.455. The second-order valence-electron chi connectivity index (χ2n) is 3.48. The Bertz CT molecular complexity index is 340. The van der Waals surface area contributed by atoms with Gasteiger partial charge in [-0.2, -0.15) is 0 Å². The van der Waals surface area contributed by atoms with Crippen LogP contribution >= 0.6 is 22.6 Å². The number of halogens is 1. The second-order valence-corrected chi connectivity index (χ2v) is 4.64. The van der Waals surface area contributed by atoms with Crippen LogP contribution in [0.15, 0.2) is 12.1 Å². The van der Waals surface area contributed by atoms with E-state index in [0.717, 1.165) is 27.1 Å². The molecule has 0 spiro atoms. The van der Waals surface area contributed by atoms with Crippen molar-refractivity contribution in [1.82, 2.24) is 0 Å². The molecule has 0 aliphatic heterocycles. The summed E-state index contributed by atoms with van der Waals surface area (Å²) in [6.07, 6.45) is 0.788. The van der Waals surface area contributed by atoms with Crippen LogP contribution in [-0.4, -0.2) is 20.3 Å². The largest absolute Gasteiger partial charge is 0.496 e. The van der Waals surface area contributed by atoms with Gasteiger partial charge in [0.1, 0.15) is 11.5 Å².